The van der Waals surface area contributed by atoms with Gasteiger partial charge < -0.3 is 15.2 Å². The lowest BCUT2D eigenvalue weighted by atomic mass is 9.73. The molecule has 2 N–H and O–H groups in total. The van der Waals surface area contributed by atoms with Crippen molar-refractivity contribution in [3.63, 3.8) is 0 Å². The molecule has 0 atom stereocenters. The van der Waals surface area contributed by atoms with Crippen LogP contribution in [-0.4, -0.2) is 36.4 Å². The van der Waals surface area contributed by atoms with Gasteiger partial charge in [0.1, 0.15) is 0 Å². The summed E-state index contributed by atoms with van der Waals surface area (Å²) in [6, 6.07) is 7.49. The van der Waals surface area contributed by atoms with Crippen molar-refractivity contribution in [2.24, 2.45) is 0 Å². The molecular weight excluding hydrogens is 314 g/mol. The number of carbonyl (C=O) groups excluding carboxylic acids is 1. The number of amides is 1. The summed E-state index contributed by atoms with van der Waals surface area (Å²) in [6.07, 6.45) is 2.46. The van der Waals surface area contributed by atoms with E-state index in [1.54, 1.807) is 0 Å². The third-order valence-electron chi connectivity index (χ3n) is 5.05. The maximum Gasteiger partial charge on any atom is 0.230 e. The molecular formula is C18H26ClNO3. The van der Waals surface area contributed by atoms with Gasteiger partial charge in [0.2, 0.25) is 5.91 Å². The Kier molecular flexibility index (Phi) is 6.06. The fraction of sp³-hybridized carbons (Fsp3) is 0.611. The molecule has 23 heavy (non-hydrogen) atoms. The van der Waals surface area contributed by atoms with Crippen LogP contribution in [0, 0.1) is 0 Å². The van der Waals surface area contributed by atoms with Gasteiger partial charge in [-0.3, -0.25) is 4.79 Å². The Morgan fingerprint density at radius 3 is 2.57 bits per heavy atom. The highest BCUT2D eigenvalue weighted by molar-refractivity contribution is 6.30. The van der Waals surface area contributed by atoms with Crippen LogP contribution in [0.4, 0.5) is 0 Å². The van der Waals surface area contributed by atoms with Crippen molar-refractivity contribution in [2.45, 2.75) is 50.5 Å². The molecule has 1 saturated heterocycles. The van der Waals surface area contributed by atoms with E-state index in [0.717, 1.165) is 5.56 Å². The number of rotatable bonds is 6. The van der Waals surface area contributed by atoms with Crippen LogP contribution >= 0.6 is 11.6 Å². The third kappa shape index (κ3) is 4.06. The summed E-state index contributed by atoms with van der Waals surface area (Å²) < 4.78 is 5.45. The summed E-state index contributed by atoms with van der Waals surface area (Å²) >= 11 is 6.12. The maximum absolute atomic E-state index is 13.0. The molecule has 1 aliphatic heterocycles. The second kappa shape index (κ2) is 7.65. The van der Waals surface area contributed by atoms with Gasteiger partial charge >= 0.3 is 0 Å². The molecule has 1 fully saturated rings. The number of hydrogen-bond donors (Lipinski definition) is 2. The minimum Gasteiger partial charge on any atom is -0.388 e. The monoisotopic (exact) mass is 339 g/mol. The van der Waals surface area contributed by atoms with Crippen molar-refractivity contribution in [1.82, 2.24) is 5.32 Å². The number of benzene rings is 1. The number of hydrogen-bond acceptors (Lipinski definition) is 3. The summed E-state index contributed by atoms with van der Waals surface area (Å²) in [5, 5.41) is 14.0. The van der Waals surface area contributed by atoms with Crippen molar-refractivity contribution in [1.29, 1.82) is 0 Å². The molecule has 1 aromatic rings. The Labute approximate surface area is 143 Å². The van der Waals surface area contributed by atoms with E-state index in [4.69, 9.17) is 16.3 Å². The topological polar surface area (TPSA) is 58.6 Å². The minimum atomic E-state index is -0.851. The van der Waals surface area contributed by atoms with Gasteiger partial charge in [0.05, 0.1) is 11.0 Å². The zero-order valence-electron chi connectivity index (χ0n) is 13.9. The van der Waals surface area contributed by atoms with Gasteiger partial charge in [0.25, 0.3) is 0 Å². The molecule has 0 bridgehead atoms. The third-order valence-corrected chi connectivity index (χ3v) is 5.29. The molecule has 0 saturated carbocycles. The number of ether oxygens (including phenoxy) is 1. The minimum absolute atomic E-state index is 0.0524. The number of aliphatic hydroxyl groups is 1. The summed E-state index contributed by atoms with van der Waals surface area (Å²) in [7, 11) is 0. The molecule has 5 heteroatoms. The van der Waals surface area contributed by atoms with Gasteiger partial charge in [-0.25, -0.2) is 0 Å². The molecule has 0 aliphatic carbocycles. The molecule has 0 radical (unpaired) electrons. The van der Waals surface area contributed by atoms with Crippen LogP contribution in [-0.2, 0) is 14.9 Å². The van der Waals surface area contributed by atoms with Crippen LogP contribution in [0.15, 0.2) is 24.3 Å². The fourth-order valence-electron chi connectivity index (χ4n) is 3.07. The lowest BCUT2D eigenvalue weighted by Gasteiger charge is -2.37. The first-order chi connectivity index (χ1) is 11.0. The Hall–Kier alpha value is -1.10. The molecule has 0 unspecified atom stereocenters. The smallest absolute Gasteiger partial charge is 0.230 e. The van der Waals surface area contributed by atoms with Crippen molar-refractivity contribution in [3.8, 4) is 0 Å². The molecule has 0 aromatic heterocycles. The number of halogens is 1. The van der Waals surface area contributed by atoms with Gasteiger partial charge in [-0.15, -0.1) is 0 Å². The number of nitrogens with one attached hydrogen (secondary N) is 1. The Morgan fingerprint density at radius 2 is 2.00 bits per heavy atom. The molecule has 1 heterocycles. The van der Waals surface area contributed by atoms with Crippen LogP contribution in [0.25, 0.3) is 0 Å². The average molecular weight is 340 g/mol. The van der Waals surface area contributed by atoms with E-state index in [9.17, 15) is 9.90 Å². The van der Waals surface area contributed by atoms with E-state index in [2.05, 4.69) is 5.32 Å². The highest BCUT2D eigenvalue weighted by atomic mass is 35.5. The quantitative estimate of drug-likeness (QED) is 0.837. The van der Waals surface area contributed by atoms with E-state index in [-0.39, 0.29) is 12.5 Å². The predicted molar refractivity (Wildman–Crippen MR) is 91.7 cm³/mol. The van der Waals surface area contributed by atoms with E-state index >= 15 is 0 Å². The predicted octanol–water partition coefficient (Wildman–Crippen LogP) is 3.06. The number of carbonyl (C=O) groups is 1. The van der Waals surface area contributed by atoms with E-state index < -0.39 is 11.0 Å². The first kappa shape index (κ1) is 18.2. The van der Waals surface area contributed by atoms with E-state index in [1.807, 2.05) is 38.1 Å². The second-order valence-corrected chi connectivity index (χ2v) is 6.76. The summed E-state index contributed by atoms with van der Waals surface area (Å²) in [6.45, 7) is 5.22. The van der Waals surface area contributed by atoms with Crippen LogP contribution < -0.4 is 5.32 Å². The summed E-state index contributed by atoms with van der Waals surface area (Å²) in [5.41, 5.74) is -0.565. The van der Waals surface area contributed by atoms with Gasteiger partial charge in [0.15, 0.2) is 0 Å². The van der Waals surface area contributed by atoms with Crippen LogP contribution in [0.5, 0.6) is 0 Å². The molecule has 0 spiro atoms. The van der Waals surface area contributed by atoms with Crippen LogP contribution in [0.1, 0.15) is 45.1 Å². The second-order valence-electron chi connectivity index (χ2n) is 6.32. The molecule has 128 valence electrons. The first-order valence-electron chi connectivity index (χ1n) is 8.30. The lowest BCUT2D eigenvalue weighted by Crippen LogP contribution is -2.52. The van der Waals surface area contributed by atoms with Gasteiger partial charge in [0, 0.05) is 24.8 Å². The zero-order valence-corrected chi connectivity index (χ0v) is 14.7. The molecule has 1 aliphatic rings. The SMILES string of the molecule is CCC(O)(CC)CNC(=O)C1(c2cccc(Cl)c2)CCOCC1. The van der Waals surface area contributed by atoms with E-state index in [0.29, 0.717) is 43.9 Å². The van der Waals surface area contributed by atoms with Gasteiger partial charge in [-0.2, -0.15) is 0 Å². The molecule has 1 aromatic carbocycles. The van der Waals surface area contributed by atoms with Gasteiger partial charge in [-0.1, -0.05) is 37.6 Å². The first-order valence-corrected chi connectivity index (χ1v) is 8.68. The fourth-order valence-corrected chi connectivity index (χ4v) is 3.26. The van der Waals surface area contributed by atoms with Crippen LogP contribution in [0.2, 0.25) is 5.02 Å². The zero-order chi connectivity index (χ0) is 16.9. The summed E-state index contributed by atoms with van der Waals surface area (Å²) in [5.74, 6) is -0.0524. The lowest BCUT2D eigenvalue weighted by molar-refractivity contribution is -0.131. The molecule has 2 rings (SSSR count). The van der Waals surface area contributed by atoms with Crippen molar-refractivity contribution < 1.29 is 14.6 Å². The highest BCUT2D eigenvalue weighted by Gasteiger charge is 2.42. The van der Waals surface area contributed by atoms with Crippen molar-refractivity contribution in [2.75, 3.05) is 19.8 Å². The van der Waals surface area contributed by atoms with E-state index in [1.165, 1.54) is 0 Å². The van der Waals surface area contributed by atoms with Crippen molar-refractivity contribution in [3.05, 3.63) is 34.9 Å². The Balaban J connectivity index is 2.23. The van der Waals surface area contributed by atoms with Crippen LogP contribution in [0.3, 0.4) is 0 Å². The normalized spacial score (nSPS) is 17.7. The highest BCUT2D eigenvalue weighted by Crippen LogP contribution is 2.36. The average Bonchev–Trinajstić information content (AvgIpc) is 2.60. The summed E-state index contributed by atoms with van der Waals surface area (Å²) in [4.78, 5) is 13.0. The Bertz CT molecular complexity index is 537. The van der Waals surface area contributed by atoms with Crippen molar-refractivity contribution >= 4 is 17.5 Å². The standard InChI is InChI=1S/C18H26ClNO3/c1-3-17(22,4-2)13-20-16(21)18(8-10-23-11-9-18)14-6-5-7-15(19)12-14/h5-7,12,22H,3-4,8-11,13H2,1-2H3,(H,20,21). The molecule has 4 nitrogen and oxygen atoms in total. The molecule has 1 amide bonds. The van der Waals surface area contributed by atoms with Gasteiger partial charge in [-0.05, 0) is 43.4 Å². The maximum atomic E-state index is 13.0. The largest absolute Gasteiger partial charge is 0.388 e. The Morgan fingerprint density at radius 1 is 1.35 bits per heavy atom.